The maximum absolute atomic E-state index is 17.1. The lowest BCUT2D eigenvalue weighted by molar-refractivity contribution is 0.186. The van der Waals surface area contributed by atoms with Crippen LogP contribution in [0.5, 0.6) is 11.6 Å². The second-order valence-corrected chi connectivity index (χ2v) is 12.4. The van der Waals surface area contributed by atoms with E-state index in [0.29, 0.717) is 48.5 Å². The Kier molecular flexibility index (Phi) is 6.48. The Labute approximate surface area is 251 Å². The van der Waals surface area contributed by atoms with Gasteiger partial charge in [0.1, 0.15) is 35.2 Å². The summed E-state index contributed by atoms with van der Waals surface area (Å²) >= 11 is 0. The number of halogens is 4. The van der Waals surface area contributed by atoms with Crippen LogP contribution in [0.4, 0.5) is 29.1 Å². The second kappa shape index (κ2) is 10.3. The van der Waals surface area contributed by atoms with E-state index in [1.54, 1.807) is 6.07 Å². The van der Waals surface area contributed by atoms with Gasteiger partial charge in [0.2, 0.25) is 12.7 Å². The largest absolute Gasteiger partial charge is 0.475 e. The van der Waals surface area contributed by atoms with Crippen LogP contribution in [0, 0.1) is 11.6 Å². The van der Waals surface area contributed by atoms with Crippen molar-refractivity contribution in [2.45, 2.75) is 62.7 Å². The van der Waals surface area contributed by atoms with Gasteiger partial charge in [-0.1, -0.05) is 18.9 Å². The Morgan fingerprint density at radius 3 is 2.80 bits per heavy atom. The summed E-state index contributed by atoms with van der Waals surface area (Å²) in [6.45, 7) is 0.756. The molecule has 8 rings (SSSR count). The topological polar surface area (TPSA) is 89.6 Å². The molecule has 3 atom stereocenters. The Morgan fingerprint density at radius 1 is 1.05 bits per heavy atom. The molecule has 8 nitrogen and oxygen atoms in total. The summed E-state index contributed by atoms with van der Waals surface area (Å²) in [6, 6.07) is 5.65. The molecule has 0 radical (unpaired) electrons. The van der Waals surface area contributed by atoms with Crippen molar-refractivity contribution in [3.63, 3.8) is 0 Å². The van der Waals surface area contributed by atoms with E-state index in [2.05, 4.69) is 14.8 Å². The average Bonchev–Trinajstić information content (AvgIpc) is 3.38. The third kappa shape index (κ3) is 4.09. The summed E-state index contributed by atoms with van der Waals surface area (Å²) in [5, 5.41) is 0.911. The first kappa shape index (κ1) is 27.6. The van der Waals surface area contributed by atoms with E-state index >= 15 is 4.39 Å². The standard InChI is InChI=1S/C32H32F4N6O2/c33-16-44-28-22(35)7-6-17-11-19(37)12-21(23(17)28)26-25(36)27-24-29(42-10-3-1-2-5-20(42)15-43-30(24)38-26)40-31(39-27)32-8-4-9-41(32)14-18(34)13-32/h6-7,11-12,18,20H,1-5,8-10,13-16,37H2. The van der Waals surface area contributed by atoms with E-state index < -0.39 is 30.2 Å². The maximum Gasteiger partial charge on any atom is 0.228 e. The molecule has 6 heterocycles. The van der Waals surface area contributed by atoms with Gasteiger partial charge in [-0.3, -0.25) is 4.90 Å². The first-order valence-corrected chi connectivity index (χ1v) is 15.3. The first-order chi connectivity index (χ1) is 21.4. The van der Waals surface area contributed by atoms with Crippen LogP contribution in [0.15, 0.2) is 24.3 Å². The van der Waals surface area contributed by atoms with Gasteiger partial charge in [-0.2, -0.15) is 0 Å². The Balaban J connectivity index is 1.44. The molecular formula is C32H32F4N6O2. The molecule has 3 unspecified atom stereocenters. The van der Waals surface area contributed by atoms with Gasteiger partial charge in [-0.05, 0) is 55.8 Å². The molecule has 12 heteroatoms. The minimum absolute atomic E-state index is 0.00151. The molecule has 3 saturated heterocycles. The molecule has 4 aliphatic rings. The van der Waals surface area contributed by atoms with Crippen LogP contribution in [-0.2, 0) is 5.54 Å². The Morgan fingerprint density at radius 2 is 1.93 bits per heavy atom. The number of fused-ring (bicyclic) bond motifs is 4. The molecule has 0 aliphatic carbocycles. The van der Waals surface area contributed by atoms with Crippen LogP contribution in [0.3, 0.4) is 0 Å². The smallest absolute Gasteiger partial charge is 0.228 e. The van der Waals surface area contributed by atoms with E-state index in [1.165, 1.54) is 12.1 Å². The number of hydrogen-bond donors (Lipinski definition) is 1. The van der Waals surface area contributed by atoms with E-state index in [1.807, 2.05) is 0 Å². The van der Waals surface area contributed by atoms with Crippen LogP contribution in [-0.4, -0.2) is 65.2 Å². The monoisotopic (exact) mass is 608 g/mol. The molecule has 3 fully saturated rings. The van der Waals surface area contributed by atoms with Gasteiger partial charge >= 0.3 is 0 Å². The lowest BCUT2D eigenvalue weighted by Gasteiger charge is -2.33. The number of alkyl halides is 2. The van der Waals surface area contributed by atoms with Gasteiger partial charge in [-0.15, -0.1) is 0 Å². The highest BCUT2D eigenvalue weighted by Crippen LogP contribution is 2.49. The molecule has 0 spiro atoms. The number of anilines is 2. The van der Waals surface area contributed by atoms with Crippen LogP contribution in [0.1, 0.15) is 50.8 Å². The molecule has 230 valence electrons. The fourth-order valence-electron chi connectivity index (χ4n) is 7.89. The number of hydrogen-bond acceptors (Lipinski definition) is 8. The summed E-state index contributed by atoms with van der Waals surface area (Å²) < 4.78 is 71.8. The molecule has 0 bridgehead atoms. The lowest BCUT2D eigenvalue weighted by atomic mass is 9.92. The number of benzene rings is 2. The van der Waals surface area contributed by atoms with Crippen molar-refractivity contribution in [3.05, 3.63) is 41.7 Å². The predicted molar refractivity (Wildman–Crippen MR) is 158 cm³/mol. The number of nitrogens with zero attached hydrogens (tertiary/aromatic N) is 5. The van der Waals surface area contributed by atoms with Crippen LogP contribution in [0.25, 0.3) is 32.9 Å². The molecular weight excluding hydrogens is 576 g/mol. The van der Waals surface area contributed by atoms with Gasteiger partial charge in [0.25, 0.3) is 0 Å². The van der Waals surface area contributed by atoms with E-state index in [0.717, 1.165) is 44.7 Å². The normalized spacial score (nSPS) is 25.0. The fourth-order valence-corrected chi connectivity index (χ4v) is 7.89. The maximum atomic E-state index is 17.1. The van der Waals surface area contributed by atoms with Gasteiger partial charge in [0, 0.05) is 36.1 Å². The van der Waals surface area contributed by atoms with Crippen LogP contribution < -0.4 is 20.1 Å². The average molecular weight is 609 g/mol. The minimum Gasteiger partial charge on any atom is -0.475 e. The zero-order valence-electron chi connectivity index (χ0n) is 24.1. The molecule has 2 aromatic heterocycles. The summed E-state index contributed by atoms with van der Waals surface area (Å²) in [5.41, 5.74) is 5.71. The van der Waals surface area contributed by atoms with Crippen LogP contribution >= 0.6 is 0 Å². The highest BCUT2D eigenvalue weighted by Gasteiger charge is 2.52. The van der Waals surface area contributed by atoms with Crippen molar-refractivity contribution >= 4 is 33.2 Å². The predicted octanol–water partition coefficient (Wildman–Crippen LogP) is 6.19. The summed E-state index contributed by atoms with van der Waals surface area (Å²) in [6.07, 6.45) is 4.66. The molecule has 4 aromatic rings. The third-order valence-corrected chi connectivity index (χ3v) is 9.81. The molecule has 4 aliphatic heterocycles. The molecule has 0 saturated carbocycles. The van der Waals surface area contributed by atoms with E-state index in [9.17, 15) is 13.2 Å². The van der Waals surface area contributed by atoms with Gasteiger partial charge in [-0.25, -0.2) is 32.5 Å². The van der Waals surface area contributed by atoms with Crippen molar-refractivity contribution in [2.24, 2.45) is 0 Å². The van der Waals surface area contributed by atoms with Crippen molar-refractivity contribution in [1.29, 1.82) is 0 Å². The Hall–Kier alpha value is -3.93. The van der Waals surface area contributed by atoms with Crippen molar-refractivity contribution < 1.29 is 27.0 Å². The lowest BCUT2D eigenvalue weighted by Crippen LogP contribution is -2.40. The fraction of sp³-hybridized carbons (Fsp3) is 0.469. The zero-order chi connectivity index (χ0) is 30.2. The second-order valence-electron chi connectivity index (χ2n) is 12.4. The zero-order valence-corrected chi connectivity index (χ0v) is 24.1. The van der Waals surface area contributed by atoms with E-state index in [4.69, 9.17) is 25.2 Å². The Bertz CT molecular complexity index is 1810. The van der Waals surface area contributed by atoms with Crippen molar-refractivity contribution in [1.82, 2.24) is 19.9 Å². The van der Waals surface area contributed by atoms with Crippen molar-refractivity contribution in [3.8, 4) is 22.9 Å². The number of nitrogen functional groups attached to an aromatic ring is 1. The number of aromatic nitrogens is 3. The number of ether oxygens (including phenoxy) is 2. The summed E-state index contributed by atoms with van der Waals surface area (Å²) in [4.78, 5) is 18.9. The third-order valence-electron chi connectivity index (χ3n) is 9.81. The highest BCUT2D eigenvalue weighted by atomic mass is 19.1. The van der Waals surface area contributed by atoms with Gasteiger partial charge in [0.15, 0.2) is 23.2 Å². The quantitative estimate of drug-likeness (QED) is 0.217. The minimum atomic E-state index is -1.28. The SMILES string of the molecule is Nc1cc(-c2nc3c4c(nc(C56CCCN5CC(F)C6)nc4c2F)N2CCCCCC2CO3)c2c(OCF)c(F)ccc2c1. The highest BCUT2D eigenvalue weighted by molar-refractivity contribution is 6.05. The molecule has 2 aromatic carbocycles. The van der Waals surface area contributed by atoms with Gasteiger partial charge in [0.05, 0.1) is 11.6 Å². The molecule has 2 N–H and O–H groups in total. The number of rotatable bonds is 4. The molecule has 0 amide bonds. The van der Waals surface area contributed by atoms with Crippen LogP contribution in [0.2, 0.25) is 0 Å². The molecule has 44 heavy (non-hydrogen) atoms. The number of pyridine rings is 1. The summed E-state index contributed by atoms with van der Waals surface area (Å²) in [5.74, 6) is -0.847. The number of nitrogens with two attached hydrogens (primary N) is 1. The van der Waals surface area contributed by atoms with Gasteiger partial charge < -0.3 is 20.1 Å². The summed E-state index contributed by atoms with van der Waals surface area (Å²) in [7, 11) is 0. The van der Waals surface area contributed by atoms with Crippen molar-refractivity contribution in [2.75, 3.05) is 43.7 Å². The van der Waals surface area contributed by atoms with E-state index in [-0.39, 0.29) is 51.9 Å². The first-order valence-electron chi connectivity index (χ1n) is 15.3.